The van der Waals surface area contributed by atoms with Crippen molar-refractivity contribution in [2.75, 3.05) is 45.7 Å². The fourth-order valence-electron chi connectivity index (χ4n) is 3.88. The van der Waals surface area contributed by atoms with E-state index in [9.17, 15) is 13.2 Å². The summed E-state index contributed by atoms with van der Waals surface area (Å²) in [7, 11) is -3.71. The topological polar surface area (TPSA) is 105 Å². The third kappa shape index (κ3) is 6.79. The zero-order valence-corrected chi connectivity index (χ0v) is 20.6. The number of benzene rings is 2. The summed E-state index contributed by atoms with van der Waals surface area (Å²) in [4.78, 5) is 14.4. The number of nitrogens with one attached hydrogen (secondary N) is 1. The molecule has 1 aliphatic rings. The van der Waals surface area contributed by atoms with E-state index in [2.05, 4.69) is 4.90 Å². The van der Waals surface area contributed by atoms with E-state index in [1.165, 1.54) is 12.4 Å². The lowest BCUT2D eigenvalue weighted by atomic mass is 9.97. The number of hydrogen-bond donors (Lipinski definition) is 2. The van der Waals surface area contributed by atoms with E-state index in [4.69, 9.17) is 14.7 Å². The van der Waals surface area contributed by atoms with Crippen molar-refractivity contribution in [1.82, 2.24) is 10.4 Å². The summed E-state index contributed by atoms with van der Waals surface area (Å²) in [6, 6.07) is 15.7. The molecule has 1 atom stereocenters. The first kappa shape index (κ1) is 26.2. The van der Waals surface area contributed by atoms with Crippen molar-refractivity contribution < 1.29 is 27.9 Å². The van der Waals surface area contributed by atoms with Crippen LogP contribution in [0.2, 0.25) is 0 Å². The SMILES string of the molecule is C[C@@](CCc1ccc(-c2ccc(OCCCN3CCOCC3)cc2)cc1)(C(=O)NO)S(C)(=O)=O. The van der Waals surface area contributed by atoms with Crippen LogP contribution >= 0.6 is 0 Å². The Morgan fingerprint density at radius 1 is 1.09 bits per heavy atom. The normalized spacial score (nSPS) is 16.6. The highest BCUT2D eigenvalue weighted by molar-refractivity contribution is 7.92. The smallest absolute Gasteiger partial charge is 0.264 e. The van der Waals surface area contributed by atoms with Crippen LogP contribution in [0, 0.1) is 0 Å². The van der Waals surface area contributed by atoms with Gasteiger partial charge in [-0.1, -0.05) is 36.4 Å². The average Bonchev–Trinajstić information content (AvgIpc) is 2.85. The minimum Gasteiger partial charge on any atom is -0.494 e. The molecule has 3 rings (SSSR count). The van der Waals surface area contributed by atoms with E-state index >= 15 is 0 Å². The number of hydroxylamine groups is 1. The van der Waals surface area contributed by atoms with Crippen LogP contribution in [-0.2, 0) is 25.8 Å². The molecule has 9 heteroatoms. The Kier molecular flexibility index (Phi) is 9.07. The van der Waals surface area contributed by atoms with Gasteiger partial charge in [-0.3, -0.25) is 14.9 Å². The molecule has 0 radical (unpaired) electrons. The number of hydrogen-bond acceptors (Lipinski definition) is 7. The van der Waals surface area contributed by atoms with Crippen molar-refractivity contribution in [1.29, 1.82) is 0 Å². The van der Waals surface area contributed by atoms with Crippen LogP contribution in [0.5, 0.6) is 5.75 Å². The predicted molar refractivity (Wildman–Crippen MR) is 131 cm³/mol. The summed E-state index contributed by atoms with van der Waals surface area (Å²) in [6.45, 7) is 6.61. The van der Waals surface area contributed by atoms with Gasteiger partial charge in [0.15, 0.2) is 9.84 Å². The highest BCUT2D eigenvalue weighted by Crippen LogP contribution is 2.26. The van der Waals surface area contributed by atoms with Crippen molar-refractivity contribution in [3.8, 4) is 16.9 Å². The van der Waals surface area contributed by atoms with Crippen molar-refractivity contribution in [2.24, 2.45) is 0 Å². The summed E-state index contributed by atoms with van der Waals surface area (Å²) < 4.78 is 33.8. The van der Waals surface area contributed by atoms with Gasteiger partial charge in [0.2, 0.25) is 0 Å². The molecule has 0 spiro atoms. The molecule has 0 aliphatic carbocycles. The predicted octanol–water partition coefficient (Wildman–Crippen LogP) is 2.70. The third-order valence-electron chi connectivity index (χ3n) is 6.42. The van der Waals surface area contributed by atoms with Crippen LogP contribution in [-0.4, -0.2) is 74.9 Å². The monoisotopic (exact) mass is 490 g/mol. The quantitative estimate of drug-likeness (QED) is 0.283. The maximum Gasteiger partial charge on any atom is 0.264 e. The highest BCUT2D eigenvalue weighted by Gasteiger charge is 2.43. The Bertz CT molecular complexity index is 1030. The highest BCUT2D eigenvalue weighted by atomic mass is 32.2. The van der Waals surface area contributed by atoms with Gasteiger partial charge in [-0.15, -0.1) is 0 Å². The molecule has 0 aromatic heterocycles. The van der Waals surface area contributed by atoms with Gasteiger partial charge in [-0.2, -0.15) is 0 Å². The second kappa shape index (κ2) is 11.8. The number of nitrogens with zero attached hydrogens (tertiary/aromatic N) is 1. The van der Waals surface area contributed by atoms with Crippen molar-refractivity contribution >= 4 is 15.7 Å². The van der Waals surface area contributed by atoms with Crippen LogP contribution < -0.4 is 10.2 Å². The maximum absolute atomic E-state index is 12.1. The first-order valence-electron chi connectivity index (χ1n) is 11.5. The molecule has 8 nitrogen and oxygen atoms in total. The van der Waals surface area contributed by atoms with Crippen LogP contribution in [0.4, 0.5) is 0 Å². The molecule has 1 aliphatic heterocycles. The first-order chi connectivity index (χ1) is 16.2. The number of rotatable bonds is 11. The number of carbonyl (C=O) groups is 1. The largest absolute Gasteiger partial charge is 0.494 e. The fourth-order valence-corrected chi connectivity index (χ4v) is 4.73. The van der Waals surface area contributed by atoms with E-state index in [0.717, 1.165) is 68.0 Å². The van der Waals surface area contributed by atoms with E-state index in [0.29, 0.717) is 13.0 Å². The molecule has 186 valence electrons. The molecule has 1 saturated heterocycles. The Labute approximate surface area is 201 Å². The van der Waals surface area contributed by atoms with Gasteiger partial charge >= 0.3 is 0 Å². The van der Waals surface area contributed by atoms with Gasteiger partial charge < -0.3 is 9.47 Å². The summed E-state index contributed by atoms with van der Waals surface area (Å²) in [5.41, 5.74) is 4.46. The van der Waals surface area contributed by atoms with Gasteiger partial charge in [-0.25, -0.2) is 13.9 Å². The lowest BCUT2D eigenvalue weighted by Crippen LogP contribution is -2.49. The fraction of sp³-hybridized carbons (Fsp3) is 0.480. The molecule has 0 bridgehead atoms. The lowest BCUT2D eigenvalue weighted by molar-refractivity contribution is -0.131. The number of amides is 1. The van der Waals surface area contributed by atoms with Gasteiger partial charge in [0, 0.05) is 25.9 Å². The minimum atomic E-state index is -3.71. The standard InChI is InChI=1S/C25H34N2O6S/c1-25(24(28)26-29,34(2,30)31)13-12-20-4-6-21(7-5-20)22-8-10-23(11-9-22)33-17-3-14-27-15-18-32-19-16-27/h4-11,29H,3,12-19H2,1-2H3,(H,26,28)/t25-/m1/s1. The summed E-state index contributed by atoms with van der Waals surface area (Å²) in [5.74, 6) is -0.0837. The molecule has 1 heterocycles. The van der Waals surface area contributed by atoms with Crippen LogP contribution in [0.15, 0.2) is 48.5 Å². The van der Waals surface area contributed by atoms with Gasteiger partial charge in [0.1, 0.15) is 10.5 Å². The number of ether oxygens (including phenoxy) is 2. The third-order valence-corrected chi connectivity index (χ3v) is 8.45. The molecule has 2 aromatic rings. The zero-order chi connectivity index (χ0) is 24.6. The molecule has 0 saturated carbocycles. The summed E-state index contributed by atoms with van der Waals surface area (Å²) >= 11 is 0. The molecular weight excluding hydrogens is 456 g/mol. The molecule has 2 aromatic carbocycles. The van der Waals surface area contributed by atoms with Gasteiger partial charge in [-0.05, 0) is 55.0 Å². The Hall–Kier alpha value is -2.46. The number of aryl methyl sites for hydroxylation is 1. The second-order valence-electron chi connectivity index (χ2n) is 8.82. The maximum atomic E-state index is 12.1. The molecule has 2 N–H and O–H groups in total. The van der Waals surface area contributed by atoms with E-state index < -0.39 is 20.5 Å². The van der Waals surface area contributed by atoms with E-state index in [-0.39, 0.29) is 6.42 Å². The lowest BCUT2D eigenvalue weighted by Gasteiger charge is -2.26. The van der Waals surface area contributed by atoms with E-state index in [1.54, 1.807) is 0 Å². The van der Waals surface area contributed by atoms with Crippen molar-refractivity contribution in [3.63, 3.8) is 0 Å². The Morgan fingerprint density at radius 2 is 1.68 bits per heavy atom. The summed E-state index contributed by atoms with van der Waals surface area (Å²) in [6.07, 6.45) is 2.42. The van der Waals surface area contributed by atoms with Gasteiger partial charge in [0.05, 0.1) is 19.8 Å². The Morgan fingerprint density at radius 3 is 2.24 bits per heavy atom. The first-order valence-corrected chi connectivity index (χ1v) is 13.4. The van der Waals surface area contributed by atoms with Crippen molar-refractivity contribution in [3.05, 3.63) is 54.1 Å². The molecule has 1 amide bonds. The van der Waals surface area contributed by atoms with Gasteiger partial charge in [0.25, 0.3) is 5.91 Å². The Balaban J connectivity index is 1.51. The average molecular weight is 491 g/mol. The molecule has 0 unspecified atom stereocenters. The zero-order valence-electron chi connectivity index (χ0n) is 19.8. The number of sulfone groups is 1. The molecular formula is C25H34N2O6S. The second-order valence-corrected chi connectivity index (χ2v) is 11.3. The van der Waals surface area contributed by atoms with Crippen LogP contribution in [0.3, 0.4) is 0 Å². The molecule has 1 fully saturated rings. The van der Waals surface area contributed by atoms with Crippen LogP contribution in [0.25, 0.3) is 11.1 Å². The number of carbonyl (C=O) groups excluding carboxylic acids is 1. The van der Waals surface area contributed by atoms with Crippen molar-refractivity contribution in [2.45, 2.75) is 30.9 Å². The number of morpholine rings is 1. The van der Waals surface area contributed by atoms with E-state index in [1.807, 2.05) is 48.5 Å². The summed E-state index contributed by atoms with van der Waals surface area (Å²) in [5, 5.41) is 8.95. The van der Waals surface area contributed by atoms with Crippen LogP contribution in [0.1, 0.15) is 25.3 Å². The molecule has 34 heavy (non-hydrogen) atoms. The minimum absolute atomic E-state index is 0.0646.